The Hall–Kier alpha value is -2.04. The minimum absolute atomic E-state index is 0.0370. The molecule has 0 fully saturated rings. The fourth-order valence-electron chi connectivity index (χ4n) is 2.27. The lowest BCUT2D eigenvalue weighted by Gasteiger charge is -2.21. The number of aromatic nitrogens is 2. The van der Waals surface area contributed by atoms with Crippen LogP contribution in [0.2, 0.25) is 0 Å². The molecule has 5 heteroatoms. The first kappa shape index (κ1) is 13.4. The van der Waals surface area contributed by atoms with E-state index in [4.69, 9.17) is 5.73 Å². The van der Waals surface area contributed by atoms with Crippen LogP contribution in [0.4, 0.5) is 5.95 Å². The van der Waals surface area contributed by atoms with E-state index in [9.17, 15) is 4.79 Å². The first-order chi connectivity index (χ1) is 8.97. The number of likely N-dealkylation sites (N-methyl/N-ethyl adjacent to an activating group) is 1. The number of amides is 1. The molecule has 1 aromatic heterocycles. The van der Waals surface area contributed by atoms with Crippen LogP contribution in [0.15, 0.2) is 18.2 Å². The highest BCUT2D eigenvalue weighted by atomic mass is 16.2. The number of carbonyl (C=O) groups excluding carboxylic acids is 1. The smallest absolute Gasteiger partial charge is 0.245 e. The molecule has 19 heavy (non-hydrogen) atoms. The van der Waals surface area contributed by atoms with E-state index in [0.717, 1.165) is 16.6 Å². The van der Waals surface area contributed by atoms with E-state index in [1.165, 1.54) is 0 Å². The number of carbonyl (C=O) groups is 1. The summed E-state index contributed by atoms with van der Waals surface area (Å²) in [6.45, 7) is 6.47. The maximum Gasteiger partial charge on any atom is 0.245 e. The van der Waals surface area contributed by atoms with Crippen LogP contribution in [0.25, 0.3) is 11.0 Å². The highest BCUT2D eigenvalue weighted by molar-refractivity contribution is 5.86. The summed E-state index contributed by atoms with van der Waals surface area (Å²) >= 11 is 0. The molecule has 2 aromatic rings. The molecule has 0 saturated carbocycles. The number of aryl methyl sites for hydroxylation is 1. The second-order valence-electron chi connectivity index (χ2n) is 4.81. The average molecular weight is 260 g/mol. The maximum atomic E-state index is 12.3. The number of fused-ring (bicyclic) bond motifs is 1. The zero-order valence-electron chi connectivity index (χ0n) is 11.8. The van der Waals surface area contributed by atoms with Crippen molar-refractivity contribution in [2.75, 3.05) is 19.3 Å². The van der Waals surface area contributed by atoms with E-state index < -0.39 is 0 Å². The maximum absolute atomic E-state index is 12.3. The van der Waals surface area contributed by atoms with Crippen LogP contribution in [0.3, 0.4) is 0 Å². The predicted molar refractivity (Wildman–Crippen MR) is 76.9 cm³/mol. The SMILES string of the molecule is CCN(C)C(=O)C(C)n1c(N)nc2c(C)cccc21. The Labute approximate surface area is 113 Å². The van der Waals surface area contributed by atoms with Crippen LogP contribution < -0.4 is 5.73 Å². The first-order valence-electron chi connectivity index (χ1n) is 6.45. The summed E-state index contributed by atoms with van der Waals surface area (Å²) in [5.41, 5.74) is 8.81. The monoisotopic (exact) mass is 260 g/mol. The molecule has 102 valence electrons. The van der Waals surface area contributed by atoms with Crippen molar-refractivity contribution in [2.24, 2.45) is 0 Å². The Balaban J connectivity index is 2.53. The number of nitrogens with two attached hydrogens (primary N) is 1. The van der Waals surface area contributed by atoms with Crippen LogP contribution >= 0.6 is 0 Å². The largest absolute Gasteiger partial charge is 0.369 e. The number of rotatable bonds is 3. The Bertz CT molecular complexity index is 617. The molecular weight excluding hydrogens is 240 g/mol. The molecule has 0 radical (unpaired) electrons. The van der Waals surface area contributed by atoms with Crippen molar-refractivity contribution >= 4 is 22.9 Å². The third-order valence-corrected chi connectivity index (χ3v) is 3.54. The van der Waals surface area contributed by atoms with E-state index in [-0.39, 0.29) is 11.9 Å². The number of hydrogen-bond acceptors (Lipinski definition) is 3. The summed E-state index contributed by atoms with van der Waals surface area (Å²) in [5, 5.41) is 0. The third kappa shape index (κ3) is 2.16. The van der Waals surface area contributed by atoms with E-state index in [1.807, 2.05) is 39.0 Å². The normalized spacial score (nSPS) is 12.6. The zero-order valence-corrected chi connectivity index (χ0v) is 11.8. The van der Waals surface area contributed by atoms with Crippen LogP contribution in [0, 0.1) is 6.92 Å². The Morgan fingerprint density at radius 3 is 2.84 bits per heavy atom. The zero-order chi connectivity index (χ0) is 14.2. The fourth-order valence-corrected chi connectivity index (χ4v) is 2.27. The summed E-state index contributed by atoms with van der Waals surface area (Å²) in [6, 6.07) is 5.54. The molecule has 5 nitrogen and oxygen atoms in total. The van der Waals surface area contributed by atoms with Gasteiger partial charge in [-0.1, -0.05) is 12.1 Å². The summed E-state index contributed by atoms with van der Waals surface area (Å²) in [4.78, 5) is 18.3. The summed E-state index contributed by atoms with van der Waals surface area (Å²) in [7, 11) is 1.79. The number of para-hydroxylation sites is 1. The molecule has 1 heterocycles. The van der Waals surface area contributed by atoms with Crippen molar-refractivity contribution in [3.63, 3.8) is 0 Å². The first-order valence-corrected chi connectivity index (χ1v) is 6.45. The van der Waals surface area contributed by atoms with Crippen LogP contribution in [-0.2, 0) is 4.79 Å². The van der Waals surface area contributed by atoms with Gasteiger partial charge < -0.3 is 10.6 Å². The summed E-state index contributed by atoms with van der Waals surface area (Å²) < 4.78 is 1.80. The highest BCUT2D eigenvalue weighted by Gasteiger charge is 2.22. The molecule has 1 aromatic carbocycles. The lowest BCUT2D eigenvalue weighted by atomic mass is 10.2. The van der Waals surface area contributed by atoms with Gasteiger partial charge in [0.25, 0.3) is 0 Å². The van der Waals surface area contributed by atoms with E-state index >= 15 is 0 Å². The molecule has 1 atom stereocenters. The van der Waals surface area contributed by atoms with Crippen LogP contribution in [0.5, 0.6) is 0 Å². The van der Waals surface area contributed by atoms with Gasteiger partial charge in [0, 0.05) is 13.6 Å². The van der Waals surface area contributed by atoms with E-state index in [1.54, 1.807) is 16.5 Å². The van der Waals surface area contributed by atoms with Crippen molar-refractivity contribution in [1.82, 2.24) is 14.5 Å². The minimum atomic E-state index is -0.350. The van der Waals surface area contributed by atoms with Crippen molar-refractivity contribution in [2.45, 2.75) is 26.8 Å². The van der Waals surface area contributed by atoms with Gasteiger partial charge in [-0.25, -0.2) is 4.98 Å². The second kappa shape index (κ2) is 4.91. The van der Waals surface area contributed by atoms with Gasteiger partial charge >= 0.3 is 0 Å². The molecule has 0 aliphatic rings. The van der Waals surface area contributed by atoms with E-state index in [0.29, 0.717) is 12.5 Å². The van der Waals surface area contributed by atoms with Crippen molar-refractivity contribution in [3.05, 3.63) is 23.8 Å². The standard InChI is InChI=1S/C14H20N4O/c1-5-17(4)13(19)10(3)18-11-8-6-7-9(2)12(11)16-14(18)15/h6-8,10H,5H2,1-4H3,(H2,15,16). The van der Waals surface area contributed by atoms with Crippen LogP contribution in [0.1, 0.15) is 25.5 Å². The highest BCUT2D eigenvalue weighted by Crippen LogP contribution is 2.25. The number of imidazole rings is 1. The van der Waals surface area contributed by atoms with Gasteiger partial charge in [-0.15, -0.1) is 0 Å². The molecule has 0 bridgehead atoms. The topological polar surface area (TPSA) is 64.2 Å². The number of nitrogens with zero attached hydrogens (tertiary/aromatic N) is 3. The molecule has 0 aliphatic carbocycles. The number of hydrogen-bond donors (Lipinski definition) is 1. The number of anilines is 1. The molecule has 1 unspecified atom stereocenters. The summed E-state index contributed by atoms with van der Waals surface area (Å²) in [6.07, 6.45) is 0. The van der Waals surface area contributed by atoms with Gasteiger partial charge in [0.1, 0.15) is 6.04 Å². The van der Waals surface area contributed by atoms with Gasteiger partial charge in [0.05, 0.1) is 11.0 Å². The molecule has 0 saturated heterocycles. The molecule has 0 spiro atoms. The number of benzene rings is 1. The van der Waals surface area contributed by atoms with E-state index in [2.05, 4.69) is 4.98 Å². The number of nitrogen functional groups attached to an aromatic ring is 1. The van der Waals surface area contributed by atoms with Crippen LogP contribution in [-0.4, -0.2) is 34.0 Å². The molecular formula is C14H20N4O. The van der Waals surface area contributed by atoms with Gasteiger partial charge in [0.2, 0.25) is 11.9 Å². The minimum Gasteiger partial charge on any atom is -0.369 e. The predicted octanol–water partition coefficient (Wildman–Crippen LogP) is 1.97. The molecule has 2 rings (SSSR count). The summed E-state index contributed by atoms with van der Waals surface area (Å²) in [5.74, 6) is 0.421. The Kier molecular flexibility index (Phi) is 3.46. The molecule has 0 aliphatic heterocycles. The average Bonchev–Trinajstić information content (AvgIpc) is 2.74. The molecule has 1 amide bonds. The lowest BCUT2D eigenvalue weighted by Crippen LogP contribution is -2.33. The van der Waals surface area contributed by atoms with Crippen molar-refractivity contribution in [1.29, 1.82) is 0 Å². The van der Waals surface area contributed by atoms with Gasteiger partial charge in [-0.05, 0) is 32.4 Å². The Morgan fingerprint density at radius 2 is 2.21 bits per heavy atom. The van der Waals surface area contributed by atoms with Gasteiger partial charge in [0.15, 0.2) is 0 Å². The quantitative estimate of drug-likeness (QED) is 0.917. The third-order valence-electron chi connectivity index (χ3n) is 3.54. The molecule has 2 N–H and O–H groups in total. The lowest BCUT2D eigenvalue weighted by molar-refractivity contribution is -0.132. The van der Waals surface area contributed by atoms with Crippen molar-refractivity contribution in [3.8, 4) is 0 Å². The second-order valence-corrected chi connectivity index (χ2v) is 4.81. The Morgan fingerprint density at radius 1 is 1.53 bits per heavy atom. The fraction of sp³-hybridized carbons (Fsp3) is 0.429. The van der Waals surface area contributed by atoms with Crippen molar-refractivity contribution < 1.29 is 4.79 Å². The van der Waals surface area contributed by atoms with Gasteiger partial charge in [-0.3, -0.25) is 9.36 Å². The van der Waals surface area contributed by atoms with Gasteiger partial charge in [-0.2, -0.15) is 0 Å².